The first kappa shape index (κ1) is 20.8. The van der Waals surface area contributed by atoms with Crippen LogP contribution in [0.3, 0.4) is 0 Å². The van der Waals surface area contributed by atoms with E-state index in [0.717, 1.165) is 0 Å². The number of aromatic nitrogens is 5. The average molecular weight is 422 g/mol. The number of benzene rings is 1. The summed E-state index contributed by atoms with van der Waals surface area (Å²) in [5.41, 5.74) is -1.15. The second-order valence-electron chi connectivity index (χ2n) is 6.59. The monoisotopic (exact) mass is 422 g/mol. The Balaban J connectivity index is 1.86. The summed E-state index contributed by atoms with van der Waals surface area (Å²) in [5, 5.41) is 27.4. The summed E-state index contributed by atoms with van der Waals surface area (Å²) in [6, 6.07) is 8.92. The van der Waals surface area contributed by atoms with Crippen molar-refractivity contribution in [1.82, 2.24) is 25.2 Å². The highest BCUT2D eigenvalue weighted by Crippen LogP contribution is 2.23. The molecule has 1 aromatic carbocycles. The molecule has 0 bridgehead atoms. The minimum atomic E-state index is -3.93. The van der Waals surface area contributed by atoms with Crippen molar-refractivity contribution in [2.24, 2.45) is 5.14 Å². The van der Waals surface area contributed by atoms with E-state index in [1.54, 1.807) is 12.1 Å². The number of halogens is 1. The van der Waals surface area contributed by atoms with E-state index in [2.05, 4.69) is 20.4 Å². The molecule has 154 valence electrons. The smallest absolute Gasteiger partial charge is 0.223 e. The molecule has 2 heterocycles. The number of primary sulfonamides is 1. The summed E-state index contributed by atoms with van der Waals surface area (Å²) >= 11 is 0. The third-order valence-corrected chi connectivity index (χ3v) is 4.99. The van der Waals surface area contributed by atoms with E-state index in [1.165, 1.54) is 43.1 Å². The molecule has 1 atom stereocenters. The van der Waals surface area contributed by atoms with Crippen molar-refractivity contribution in [2.45, 2.75) is 19.1 Å². The molecule has 12 heteroatoms. The minimum Gasteiger partial charge on any atom is -0.497 e. The van der Waals surface area contributed by atoms with Gasteiger partial charge in [-0.05, 0) is 42.5 Å². The van der Waals surface area contributed by atoms with Gasteiger partial charge in [0.05, 0.1) is 25.1 Å². The Kier molecular flexibility index (Phi) is 5.59. The molecular formula is C17H19FN6O4S. The largest absolute Gasteiger partial charge is 0.497 e. The maximum absolute atomic E-state index is 14.0. The van der Waals surface area contributed by atoms with Crippen LogP contribution in [-0.4, -0.2) is 51.6 Å². The third-order valence-electron chi connectivity index (χ3n) is 4.03. The van der Waals surface area contributed by atoms with E-state index in [-0.39, 0.29) is 23.8 Å². The lowest BCUT2D eigenvalue weighted by Gasteiger charge is -2.21. The standard InChI is InChI=1S/C17H19FN6O4S/c1-17(25,10-29(19,26)27)15-5-3-4-14(20-15)16-21-23-24(22-16)9-11-8-12(28-2)6-7-13(11)18/h3-8,25H,9-10H2,1-2H3,(H2,19,26,27). The van der Waals surface area contributed by atoms with Crippen LogP contribution in [0.15, 0.2) is 36.4 Å². The fourth-order valence-electron chi connectivity index (χ4n) is 2.69. The Labute approximate surface area is 166 Å². The molecular weight excluding hydrogens is 403 g/mol. The summed E-state index contributed by atoms with van der Waals surface area (Å²) in [6.07, 6.45) is 0. The van der Waals surface area contributed by atoms with Gasteiger partial charge in [-0.1, -0.05) is 6.07 Å². The highest BCUT2D eigenvalue weighted by atomic mass is 32.2. The normalized spacial score (nSPS) is 13.8. The summed E-state index contributed by atoms with van der Waals surface area (Å²) in [4.78, 5) is 5.41. The zero-order chi connectivity index (χ0) is 21.2. The molecule has 3 rings (SSSR count). The van der Waals surface area contributed by atoms with Crippen molar-refractivity contribution in [1.29, 1.82) is 0 Å². The molecule has 29 heavy (non-hydrogen) atoms. The summed E-state index contributed by atoms with van der Waals surface area (Å²) < 4.78 is 41.8. The molecule has 0 fully saturated rings. The van der Waals surface area contributed by atoms with Crippen molar-refractivity contribution in [3.05, 3.63) is 53.5 Å². The number of nitrogens with two attached hydrogens (primary N) is 1. The molecule has 1 unspecified atom stereocenters. The summed E-state index contributed by atoms with van der Waals surface area (Å²) in [6.45, 7) is 1.30. The van der Waals surface area contributed by atoms with Crippen molar-refractivity contribution >= 4 is 10.0 Å². The second-order valence-corrected chi connectivity index (χ2v) is 8.20. The van der Waals surface area contributed by atoms with Crippen LogP contribution in [0.2, 0.25) is 0 Å². The van der Waals surface area contributed by atoms with Crippen LogP contribution in [0.5, 0.6) is 5.75 Å². The van der Waals surface area contributed by atoms with Gasteiger partial charge in [-0.25, -0.2) is 22.9 Å². The molecule has 10 nitrogen and oxygen atoms in total. The predicted octanol–water partition coefficient (Wildman–Crippen LogP) is 0.427. The molecule has 2 aromatic heterocycles. The highest BCUT2D eigenvalue weighted by molar-refractivity contribution is 7.89. The lowest BCUT2D eigenvalue weighted by Crippen LogP contribution is -2.35. The van der Waals surface area contributed by atoms with Gasteiger partial charge < -0.3 is 9.84 Å². The van der Waals surface area contributed by atoms with Crippen LogP contribution in [0, 0.1) is 5.82 Å². The van der Waals surface area contributed by atoms with E-state index in [4.69, 9.17) is 9.88 Å². The van der Waals surface area contributed by atoms with Crippen molar-refractivity contribution in [2.75, 3.05) is 12.9 Å². The van der Waals surface area contributed by atoms with E-state index in [9.17, 15) is 17.9 Å². The van der Waals surface area contributed by atoms with Gasteiger partial charge in [0.1, 0.15) is 22.9 Å². The Morgan fingerprint density at radius 1 is 1.31 bits per heavy atom. The van der Waals surface area contributed by atoms with Crippen molar-refractivity contribution < 1.29 is 22.7 Å². The molecule has 0 aliphatic carbocycles. The minimum absolute atomic E-state index is 0.0128. The first-order valence-electron chi connectivity index (χ1n) is 8.38. The summed E-state index contributed by atoms with van der Waals surface area (Å²) in [7, 11) is -2.45. The quantitative estimate of drug-likeness (QED) is 0.557. The van der Waals surface area contributed by atoms with Gasteiger partial charge in [0, 0.05) is 5.56 Å². The van der Waals surface area contributed by atoms with Crippen molar-refractivity contribution in [3.63, 3.8) is 0 Å². The number of rotatable bonds is 7. The van der Waals surface area contributed by atoms with Crippen molar-refractivity contribution in [3.8, 4) is 17.3 Å². The SMILES string of the molecule is COc1ccc(F)c(Cn2nnc(-c3cccc(C(C)(O)CS(N)(=O)=O)n3)n2)c1. The van der Waals surface area contributed by atoms with E-state index < -0.39 is 27.2 Å². The zero-order valence-electron chi connectivity index (χ0n) is 15.6. The molecule has 0 aliphatic heterocycles. The predicted molar refractivity (Wildman–Crippen MR) is 101 cm³/mol. The fourth-order valence-corrected chi connectivity index (χ4v) is 3.62. The molecule has 0 radical (unpaired) electrons. The number of methoxy groups -OCH3 is 1. The number of ether oxygens (including phenoxy) is 1. The van der Waals surface area contributed by atoms with E-state index >= 15 is 0 Å². The Bertz CT molecular complexity index is 1130. The molecule has 0 aliphatic rings. The van der Waals surface area contributed by atoms with Gasteiger partial charge in [0.2, 0.25) is 15.8 Å². The molecule has 0 saturated carbocycles. The van der Waals surface area contributed by atoms with Crippen LogP contribution >= 0.6 is 0 Å². The first-order chi connectivity index (χ1) is 13.6. The van der Waals surface area contributed by atoms with Crippen LogP contribution in [0.1, 0.15) is 18.2 Å². The molecule has 0 saturated heterocycles. The second kappa shape index (κ2) is 7.81. The van der Waals surface area contributed by atoms with Gasteiger partial charge in [-0.15, -0.1) is 10.2 Å². The van der Waals surface area contributed by atoms with Crippen LogP contribution in [-0.2, 0) is 22.2 Å². The molecule has 0 spiro atoms. The number of pyridine rings is 1. The number of sulfonamides is 1. The fraction of sp³-hybridized carbons (Fsp3) is 0.294. The lowest BCUT2D eigenvalue weighted by atomic mass is 10.0. The maximum Gasteiger partial charge on any atom is 0.223 e. The van der Waals surface area contributed by atoms with Gasteiger partial charge in [0.25, 0.3) is 0 Å². The van der Waals surface area contributed by atoms with Crippen LogP contribution < -0.4 is 9.88 Å². The number of hydrogen-bond donors (Lipinski definition) is 2. The summed E-state index contributed by atoms with van der Waals surface area (Å²) in [5.74, 6) is -0.523. The lowest BCUT2D eigenvalue weighted by molar-refractivity contribution is 0.0773. The van der Waals surface area contributed by atoms with Gasteiger partial charge in [0.15, 0.2) is 0 Å². The number of tetrazole rings is 1. The third kappa shape index (κ3) is 5.10. The topological polar surface area (TPSA) is 146 Å². The number of nitrogens with zero attached hydrogens (tertiary/aromatic N) is 5. The highest BCUT2D eigenvalue weighted by Gasteiger charge is 2.30. The van der Waals surface area contributed by atoms with Gasteiger partial charge >= 0.3 is 0 Å². The Morgan fingerprint density at radius 3 is 2.76 bits per heavy atom. The van der Waals surface area contributed by atoms with E-state index in [0.29, 0.717) is 11.3 Å². The zero-order valence-corrected chi connectivity index (χ0v) is 16.5. The molecule has 0 amide bonds. The van der Waals surface area contributed by atoms with Gasteiger partial charge in [-0.3, -0.25) is 0 Å². The number of aliphatic hydroxyl groups is 1. The first-order valence-corrected chi connectivity index (χ1v) is 10.1. The Hall–Kier alpha value is -2.96. The number of hydrogen-bond acceptors (Lipinski definition) is 8. The Morgan fingerprint density at radius 2 is 2.07 bits per heavy atom. The molecule has 3 aromatic rings. The maximum atomic E-state index is 14.0. The van der Waals surface area contributed by atoms with Gasteiger partial charge in [-0.2, -0.15) is 4.80 Å². The molecule has 3 N–H and O–H groups in total. The average Bonchev–Trinajstić information content (AvgIpc) is 3.10. The van der Waals surface area contributed by atoms with E-state index in [1.807, 2.05) is 0 Å². The van der Waals surface area contributed by atoms with Crippen LogP contribution in [0.4, 0.5) is 4.39 Å². The van der Waals surface area contributed by atoms with Crippen LogP contribution in [0.25, 0.3) is 11.5 Å².